The van der Waals surface area contributed by atoms with E-state index in [4.69, 9.17) is 9.15 Å². The Morgan fingerprint density at radius 3 is 2.89 bits per heavy atom. The molecule has 3 rings (SSSR count). The number of carbonyl (C=O) groups excluding carboxylic acids is 2. The third kappa shape index (κ3) is 5.27. The number of benzene rings is 1. The SMILES string of the molecule is Cc1cc(C(=O)NN=Cc2cc(Br)ccc2OC(=O)C=Cc2ccco2)n[nH]1. The van der Waals surface area contributed by atoms with Crippen molar-refractivity contribution in [2.75, 3.05) is 0 Å². The molecule has 3 aromatic rings. The average molecular weight is 443 g/mol. The van der Waals surface area contributed by atoms with Crippen LogP contribution < -0.4 is 10.2 Å². The van der Waals surface area contributed by atoms with E-state index in [1.807, 2.05) is 0 Å². The molecule has 0 atom stereocenters. The van der Waals surface area contributed by atoms with Crippen molar-refractivity contribution >= 4 is 40.1 Å². The van der Waals surface area contributed by atoms with E-state index in [9.17, 15) is 9.59 Å². The number of halogens is 1. The Morgan fingerprint density at radius 2 is 2.18 bits per heavy atom. The molecule has 1 aromatic carbocycles. The molecule has 0 aliphatic rings. The van der Waals surface area contributed by atoms with Crippen LogP contribution in [-0.2, 0) is 4.79 Å². The van der Waals surface area contributed by atoms with Crippen LogP contribution in [0.2, 0.25) is 0 Å². The minimum absolute atomic E-state index is 0.221. The van der Waals surface area contributed by atoms with E-state index in [1.165, 1.54) is 24.6 Å². The van der Waals surface area contributed by atoms with Gasteiger partial charge in [0.05, 0.1) is 12.5 Å². The predicted octanol–water partition coefficient (Wildman–Crippen LogP) is 3.46. The van der Waals surface area contributed by atoms with Gasteiger partial charge < -0.3 is 9.15 Å². The zero-order valence-corrected chi connectivity index (χ0v) is 16.3. The van der Waals surface area contributed by atoms with Crippen LogP contribution in [0.15, 0.2) is 62.7 Å². The van der Waals surface area contributed by atoms with Crippen molar-refractivity contribution in [3.05, 3.63) is 75.9 Å². The molecule has 0 aliphatic heterocycles. The van der Waals surface area contributed by atoms with E-state index in [1.54, 1.807) is 43.3 Å². The summed E-state index contributed by atoms with van der Waals surface area (Å²) in [7, 11) is 0. The Kier molecular flexibility index (Phi) is 6.18. The molecule has 142 valence electrons. The van der Waals surface area contributed by atoms with E-state index in [0.717, 1.165) is 10.2 Å². The summed E-state index contributed by atoms with van der Waals surface area (Å²) in [5.41, 5.74) is 3.85. The minimum Gasteiger partial charge on any atom is -0.465 e. The largest absolute Gasteiger partial charge is 0.465 e. The molecule has 1 amide bonds. The molecule has 8 nitrogen and oxygen atoms in total. The van der Waals surface area contributed by atoms with Crippen LogP contribution in [0.4, 0.5) is 0 Å². The van der Waals surface area contributed by atoms with Gasteiger partial charge in [-0.25, -0.2) is 10.2 Å². The normalized spacial score (nSPS) is 11.2. The smallest absolute Gasteiger partial charge is 0.336 e. The van der Waals surface area contributed by atoms with Gasteiger partial charge in [0.25, 0.3) is 5.91 Å². The van der Waals surface area contributed by atoms with Crippen molar-refractivity contribution in [1.29, 1.82) is 0 Å². The first-order chi connectivity index (χ1) is 13.5. The van der Waals surface area contributed by atoms with Gasteiger partial charge in [-0.1, -0.05) is 15.9 Å². The number of carbonyl (C=O) groups is 2. The summed E-state index contributed by atoms with van der Waals surface area (Å²) in [5, 5.41) is 10.4. The van der Waals surface area contributed by atoms with Crippen LogP contribution in [0.3, 0.4) is 0 Å². The highest BCUT2D eigenvalue weighted by molar-refractivity contribution is 9.10. The Labute approximate surface area is 168 Å². The maximum absolute atomic E-state index is 12.0. The van der Waals surface area contributed by atoms with Crippen LogP contribution in [0.25, 0.3) is 6.08 Å². The van der Waals surface area contributed by atoms with Crippen molar-refractivity contribution in [2.24, 2.45) is 5.10 Å². The van der Waals surface area contributed by atoms with E-state index >= 15 is 0 Å². The number of nitrogens with one attached hydrogen (secondary N) is 2. The zero-order chi connectivity index (χ0) is 19.9. The highest BCUT2D eigenvalue weighted by atomic mass is 79.9. The summed E-state index contributed by atoms with van der Waals surface area (Å²) in [6.07, 6.45) is 5.64. The fraction of sp³-hybridized carbons (Fsp3) is 0.0526. The number of hydrogen-bond donors (Lipinski definition) is 2. The van der Waals surface area contributed by atoms with Gasteiger partial charge in [0.1, 0.15) is 11.5 Å². The molecule has 0 spiro atoms. The van der Waals surface area contributed by atoms with Crippen LogP contribution in [-0.4, -0.2) is 28.3 Å². The molecule has 2 N–H and O–H groups in total. The molecule has 0 saturated carbocycles. The van der Waals surface area contributed by atoms with Gasteiger partial charge in [-0.05, 0) is 49.4 Å². The van der Waals surface area contributed by atoms with Crippen molar-refractivity contribution in [3.8, 4) is 5.75 Å². The van der Waals surface area contributed by atoms with Crippen LogP contribution in [0.1, 0.15) is 27.5 Å². The van der Waals surface area contributed by atoms with Crippen molar-refractivity contribution < 1.29 is 18.7 Å². The summed E-state index contributed by atoms with van der Waals surface area (Å²) in [6, 6.07) is 10.1. The number of esters is 1. The number of ether oxygens (including phenoxy) is 1. The summed E-state index contributed by atoms with van der Waals surface area (Å²) >= 11 is 3.35. The number of furan rings is 1. The average Bonchev–Trinajstić information content (AvgIpc) is 3.33. The highest BCUT2D eigenvalue weighted by Gasteiger charge is 2.09. The van der Waals surface area contributed by atoms with Gasteiger partial charge in [-0.2, -0.15) is 10.2 Å². The predicted molar refractivity (Wildman–Crippen MR) is 106 cm³/mol. The second kappa shape index (κ2) is 8.96. The third-order valence-corrected chi connectivity index (χ3v) is 3.91. The van der Waals surface area contributed by atoms with E-state index in [0.29, 0.717) is 11.3 Å². The number of aromatic amines is 1. The van der Waals surface area contributed by atoms with E-state index in [-0.39, 0.29) is 11.4 Å². The highest BCUT2D eigenvalue weighted by Crippen LogP contribution is 2.22. The molecule has 9 heteroatoms. The van der Waals surface area contributed by atoms with Gasteiger partial charge in [0.2, 0.25) is 0 Å². The first-order valence-corrected chi connectivity index (χ1v) is 8.89. The number of amides is 1. The fourth-order valence-electron chi connectivity index (χ4n) is 2.14. The lowest BCUT2D eigenvalue weighted by atomic mass is 10.2. The number of aryl methyl sites for hydroxylation is 1. The number of nitrogens with zero attached hydrogens (tertiary/aromatic N) is 2. The minimum atomic E-state index is -0.579. The molecule has 0 aliphatic carbocycles. The van der Waals surface area contributed by atoms with Gasteiger partial charge in [-0.3, -0.25) is 9.89 Å². The van der Waals surface area contributed by atoms with Crippen LogP contribution >= 0.6 is 15.9 Å². The molecule has 0 fully saturated rings. The molecule has 0 radical (unpaired) electrons. The molecule has 2 aromatic heterocycles. The molecule has 0 bridgehead atoms. The molecule has 28 heavy (non-hydrogen) atoms. The Hall–Kier alpha value is -3.46. The summed E-state index contributed by atoms with van der Waals surface area (Å²) < 4.78 is 11.2. The van der Waals surface area contributed by atoms with Crippen molar-refractivity contribution in [2.45, 2.75) is 6.92 Å². The van der Waals surface area contributed by atoms with E-state index < -0.39 is 11.9 Å². The number of hydrazone groups is 1. The van der Waals surface area contributed by atoms with E-state index in [2.05, 4.69) is 36.7 Å². The molecule has 0 unspecified atom stereocenters. The second-order valence-electron chi connectivity index (χ2n) is 5.59. The topological polar surface area (TPSA) is 110 Å². The third-order valence-electron chi connectivity index (χ3n) is 3.42. The number of H-pyrrole nitrogens is 1. The number of hydrogen-bond acceptors (Lipinski definition) is 6. The Balaban J connectivity index is 1.68. The first kappa shape index (κ1) is 19.3. The number of rotatable bonds is 6. The maximum atomic E-state index is 12.0. The summed E-state index contributed by atoms with van der Waals surface area (Å²) in [6.45, 7) is 1.79. The molecule has 2 heterocycles. The van der Waals surface area contributed by atoms with Crippen molar-refractivity contribution in [3.63, 3.8) is 0 Å². The number of aromatic nitrogens is 2. The standard InChI is InChI=1S/C19H15BrN4O4/c1-12-9-16(23-22-12)19(26)24-21-11-13-10-14(20)4-6-17(13)28-18(25)7-5-15-3-2-8-27-15/h2-11H,1H3,(H,22,23)(H,24,26). The first-order valence-electron chi connectivity index (χ1n) is 8.09. The van der Waals surface area contributed by atoms with Gasteiger partial charge in [0, 0.05) is 21.8 Å². The summed E-state index contributed by atoms with van der Waals surface area (Å²) in [5.74, 6) is -0.225. The zero-order valence-electron chi connectivity index (χ0n) is 14.7. The molecular formula is C19H15BrN4O4. The summed E-state index contributed by atoms with van der Waals surface area (Å²) in [4.78, 5) is 24.0. The maximum Gasteiger partial charge on any atom is 0.336 e. The lowest BCUT2D eigenvalue weighted by Crippen LogP contribution is -2.18. The molecular weight excluding hydrogens is 428 g/mol. The van der Waals surface area contributed by atoms with Gasteiger partial charge in [0.15, 0.2) is 5.69 Å². The quantitative estimate of drug-likeness (QED) is 0.199. The fourth-order valence-corrected chi connectivity index (χ4v) is 2.52. The molecule has 0 saturated heterocycles. The van der Waals surface area contributed by atoms with Crippen LogP contribution in [0, 0.1) is 6.92 Å². The van der Waals surface area contributed by atoms with Gasteiger partial charge in [-0.15, -0.1) is 0 Å². The lowest BCUT2D eigenvalue weighted by molar-refractivity contribution is -0.128. The van der Waals surface area contributed by atoms with Crippen molar-refractivity contribution in [1.82, 2.24) is 15.6 Å². The monoisotopic (exact) mass is 442 g/mol. The Morgan fingerprint density at radius 1 is 1.32 bits per heavy atom. The second-order valence-corrected chi connectivity index (χ2v) is 6.50. The van der Waals surface area contributed by atoms with Gasteiger partial charge >= 0.3 is 5.97 Å². The lowest BCUT2D eigenvalue weighted by Gasteiger charge is -2.06. The van der Waals surface area contributed by atoms with Crippen LogP contribution in [0.5, 0.6) is 5.75 Å². The Bertz CT molecular complexity index is 1040.